The van der Waals surface area contributed by atoms with E-state index in [9.17, 15) is 14.7 Å². The number of anilines is 1. The molecule has 2 aromatic carbocycles. The van der Waals surface area contributed by atoms with Crippen LogP contribution in [0, 0.1) is 6.92 Å². The van der Waals surface area contributed by atoms with Crippen LogP contribution in [-0.2, 0) is 11.2 Å². The number of phenolic OH excluding ortho intramolecular Hbond substituents is 1. The van der Waals surface area contributed by atoms with Gasteiger partial charge < -0.3 is 20.6 Å². The Labute approximate surface area is 143 Å². The Kier molecular flexibility index (Phi) is 4.54. The van der Waals surface area contributed by atoms with Gasteiger partial charge in [0, 0.05) is 23.2 Å². The van der Waals surface area contributed by atoms with Crippen molar-refractivity contribution in [3.63, 3.8) is 0 Å². The number of nitrogens with one attached hydrogen (secondary N) is 1. The van der Waals surface area contributed by atoms with E-state index in [0.717, 1.165) is 16.5 Å². The maximum atomic E-state index is 12.3. The number of carbonyl (C=O) groups excluding carboxylic acids is 1. The maximum Gasteiger partial charge on any atom is 0.336 e. The molecule has 3 aromatic rings. The predicted octanol–water partition coefficient (Wildman–Crippen LogP) is 2.32. The van der Waals surface area contributed by atoms with Gasteiger partial charge in [-0.25, -0.2) is 4.79 Å². The van der Waals surface area contributed by atoms with Gasteiger partial charge in [0.25, 0.3) is 0 Å². The first-order chi connectivity index (χ1) is 11.9. The van der Waals surface area contributed by atoms with Gasteiger partial charge in [0.2, 0.25) is 5.91 Å². The van der Waals surface area contributed by atoms with E-state index < -0.39 is 11.7 Å². The lowest BCUT2D eigenvalue weighted by molar-refractivity contribution is -0.117. The molecule has 25 heavy (non-hydrogen) atoms. The molecule has 0 unspecified atom stereocenters. The van der Waals surface area contributed by atoms with E-state index in [2.05, 4.69) is 5.32 Å². The third-order valence-electron chi connectivity index (χ3n) is 3.95. The Bertz CT molecular complexity index is 977. The Hall–Kier alpha value is -3.12. The van der Waals surface area contributed by atoms with Crippen LogP contribution < -0.4 is 16.7 Å². The van der Waals surface area contributed by atoms with E-state index in [1.807, 2.05) is 6.92 Å². The average Bonchev–Trinajstić information content (AvgIpc) is 2.56. The topological polar surface area (TPSA) is 106 Å². The van der Waals surface area contributed by atoms with Gasteiger partial charge in [-0.2, -0.15) is 0 Å². The van der Waals surface area contributed by atoms with Gasteiger partial charge in [-0.3, -0.25) is 4.79 Å². The van der Waals surface area contributed by atoms with Crippen LogP contribution in [0.5, 0.6) is 5.75 Å². The molecule has 0 aliphatic rings. The smallest absolute Gasteiger partial charge is 0.336 e. The Morgan fingerprint density at radius 1 is 1.20 bits per heavy atom. The van der Waals surface area contributed by atoms with Crippen LogP contribution in [0.25, 0.3) is 11.0 Å². The molecular weight excluding hydrogens is 320 g/mol. The van der Waals surface area contributed by atoms with Gasteiger partial charge in [-0.1, -0.05) is 12.1 Å². The molecule has 1 aromatic heterocycles. The summed E-state index contributed by atoms with van der Waals surface area (Å²) >= 11 is 0. The number of nitrogens with two attached hydrogens (primary N) is 1. The molecule has 0 saturated heterocycles. The summed E-state index contributed by atoms with van der Waals surface area (Å²) in [6.45, 7) is 1.82. The van der Waals surface area contributed by atoms with Crippen LogP contribution in [0.3, 0.4) is 0 Å². The number of fused-ring (bicyclic) bond motifs is 1. The summed E-state index contributed by atoms with van der Waals surface area (Å²) in [7, 11) is 0. The molecule has 0 bridgehead atoms. The zero-order valence-corrected chi connectivity index (χ0v) is 13.7. The number of hydrogen-bond donors (Lipinski definition) is 3. The van der Waals surface area contributed by atoms with Gasteiger partial charge in [-0.15, -0.1) is 0 Å². The molecule has 0 aliphatic heterocycles. The highest BCUT2D eigenvalue weighted by molar-refractivity contribution is 5.96. The predicted molar refractivity (Wildman–Crippen MR) is 95.6 cm³/mol. The maximum absolute atomic E-state index is 12.3. The van der Waals surface area contributed by atoms with E-state index in [4.69, 9.17) is 10.2 Å². The van der Waals surface area contributed by atoms with Gasteiger partial charge >= 0.3 is 5.63 Å². The minimum absolute atomic E-state index is 0.162. The largest absolute Gasteiger partial charge is 0.508 e. The van der Waals surface area contributed by atoms with Crippen molar-refractivity contribution in [2.75, 3.05) is 5.32 Å². The summed E-state index contributed by atoms with van der Waals surface area (Å²) in [4.78, 5) is 23.8. The number of hydrogen-bond acceptors (Lipinski definition) is 5. The number of benzene rings is 2. The third kappa shape index (κ3) is 3.87. The lowest BCUT2D eigenvalue weighted by Gasteiger charge is -2.13. The molecule has 0 radical (unpaired) electrons. The van der Waals surface area contributed by atoms with E-state index >= 15 is 0 Å². The van der Waals surface area contributed by atoms with Crippen LogP contribution in [0.1, 0.15) is 11.1 Å². The molecular formula is C19H18N2O4. The normalized spacial score (nSPS) is 12.1. The molecule has 4 N–H and O–H groups in total. The number of rotatable bonds is 4. The molecule has 1 amide bonds. The van der Waals surface area contributed by atoms with Gasteiger partial charge in [0.05, 0.1) is 6.04 Å². The van der Waals surface area contributed by atoms with E-state index in [1.165, 1.54) is 6.07 Å². The summed E-state index contributed by atoms with van der Waals surface area (Å²) in [5.41, 5.74) is 8.09. The summed E-state index contributed by atoms with van der Waals surface area (Å²) in [5, 5.41) is 12.8. The highest BCUT2D eigenvalue weighted by Crippen LogP contribution is 2.21. The summed E-state index contributed by atoms with van der Waals surface area (Å²) in [5.74, 6) is -0.183. The van der Waals surface area contributed by atoms with Crippen LogP contribution in [0.15, 0.2) is 57.7 Å². The first-order valence-corrected chi connectivity index (χ1v) is 7.81. The minimum Gasteiger partial charge on any atom is -0.508 e. The zero-order valence-electron chi connectivity index (χ0n) is 13.7. The van der Waals surface area contributed by atoms with Crippen molar-refractivity contribution < 1.29 is 14.3 Å². The fraction of sp³-hybridized carbons (Fsp3) is 0.158. The van der Waals surface area contributed by atoms with Gasteiger partial charge in [0.1, 0.15) is 11.3 Å². The van der Waals surface area contributed by atoms with Crippen molar-refractivity contribution in [2.45, 2.75) is 19.4 Å². The molecule has 128 valence electrons. The second-order valence-corrected chi connectivity index (χ2v) is 5.93. The number of amides is 1. The highest BCUT2D eigenvalue weighted by Gasteiger charge is 2.15. The van der Waals surface area contributed by atoms with Gasteiger partial charge in [-0.05, 0) is 48.7 Å². The lowest BCUT2D eigenvalue weighted by Crippen LogP contribution is -2.37. The number of aryl methyl sites for hydroxylation is 1. The first kappa shape index (κ1) is 16.7. The van der Waals surface area contributed by atoms with Crippen LogP contribution in [0.2, 0.25) is 0 Å². The first-order valence-electron chi connectivity index (χ1n) is 7.81. The number of carbonyl (C=O) groups is 1. The van der Waals surface area contributed by atoms with Crippen molar-refractivity contribution >= 4 is 22.6 Å². The van der Waals surface area contributed by atoms with Gasteiger partial charge in [0.15, 0.2) is 0 Å². The molecule has 3 rings (SSSR count). The number of aromatic hydroxyl groups is 1. The Balaban J connectivity index is 1.74. The van der Waals surface area contributed by atoms with Crippen molar-refractivity contribution in [3.8, 4) is 5.75 Å². The molecule has 6 nitrogen and oxygen atoms in total. The summed E-state index contributed by atoms with van der Waals surface area (Å²) in [6.07, 6.45) is 0.341. The van der Waals surface area contributed by atoms with E-state index in [0.29, 0.717) is 17.7 Å². The standard InChI is InChI=1S/C19H18N2O4/c1-11-8-18(23)25-17-10-13(4-7-15(11)17)21-19(24)16(20)9-12-2-5-14(22)6-3-12/h2-8,10,16,22H,9,20H2,1H3,(H,21,24)/t16-/m0/s1. The van der Waals surface area contributed by atoms with Crippen molar-refractivity contribution in [1.82, 2.24) is 0 Å². The summed E-state index contributed by atoms with van der Waals surface area (Å²) in [6, 6.07) is 12.3. The Morgan fingerprint density at radius 2 is 1.92 bits per heavy atom. The van der Waals surface area contributed by atoms with E-state index in [1.54, 1.807) is 42.5 Å². The lowest BCUT2D eigenvalue weighted by atomic mass is 10.1. The fourth-order valence-corrected chi connectivity index (χ4v) is 2.62. The fourth-order valence-electron chi connectivity index (χ4n) is 2.62. The second kappa shape index (κ2) is 6.78. The molecule has 6 heteroatoms. The zero-order chi connectivity index (χ0) is 18.0. The third-order valence-corrected chi connectivity index (χ3v) is 3.95. The SMILES string of the molecule is Cc1cc(=O)oc2cc(NC(=O)[C@@H](N)Cc3ccc(O)cc3)ccc12. The molecule has 0 saturated carbocycles. The van der Waals surface area contributed by atoms with E-state index in [-0.39, 0.29) is 11.7 Å². The van der Waals surface area contributed by atoms with Crippen molar-refractivity contribution in [3.05, 3.63) is 70.1 Å². The molecule has 0 fully saturated rings. The molecule has 0 aliphatic carbocycles. The average molecular weight is 338 g/mol. The Morgan fingerprint density at radius 3 is 2.64 bits per heavy atom. The monoisotopic (exact) mass is 338 g/mol. The molecule has 0 spiro atoms. The van der Waals surface area contributed by atoms with Crippen LogP contribution in [0.4, 0.5) is 5.69 Å². The van der Waals surface area contributed by atoms with Crippen molar-refractivity contribution in [1.29, 1.82) is 0 Å². The minimum atomic E-state index is -0.746. The van der Waals surface area contributed by atoms with Crippen molar-refractivity contribution in [2.24, 2.45) is 5.73 Å². The molecule has 1 atom stereocenters. The van der Waals surface area contributed by atoms with Crippen LogP contribution >= 0.6 is 0 Å². The van der Waals surface area contributed by atoms with Crippen LogP contribution in [-0.4, -0.2) is 17.1 Å². The highest BCUT2D eigenvalue weighted by atomic mass is 16.4. The molecule has 1 heterocycles. The summed E-state index contributed by atoms with van der Waals surface area (Å²) < 4.78 is 5.17. The quantitative estimate of drug-likeness (QED) is 0.633. The second-order valence-electron chi connectivity index (χ2n) is 5.93. The number of phenols is 1.